The quantitative estimate of drug-likeness (QED) is 0.480. The van der Waals surface area contributed by atoms with Crippen molar-refractivity contribution in [2.45, 2.75) is 12.8 Å². The van der Waals surface area contributed by atoms with Crippen molar-refractivity contribution in [3.05, 3.63) is 71.3 Å². The van der Waals surface area contributed by atoms with Gasteiger partial charge in [-0.25, -0.2) is 0 Å². The molecular formula is C19H14N2O2. The summed E-state index contributed by atoms with van der Waals surface area (Å²) in [6.45, 7) is 0. The lowest BCUT2D eigenvalue weighted by Crippen LogP contribution is -2.08. The molecule has 0 unspecified atom stereocenters. The zero-order valence-corrected chi connectivity index (χ0v) is 12.4. The monoisotopic (exact) mass is 302 g/mol. The first-order chi connectivity index (χ1) is 11.2. The Morgan fingerprint density at radius 3 is 2.26 bits per heavy atom. The molecule has 23 heavy (non-hydrogen) atoms. The molecule has 0 saturated carbocycles. The lowest BCUT2D eigenvalue weighted by atomic mass is 10.1. The summed E-state index contributed by atoms with van der Waals surface area (Å²) in [6.07, 6.45) is 2.41. The maximum atomic E-state index is 11.8. The number of ether oxygens (including phenoxy) is 1. The van der Waals surface area contributed by atoms with Gasteiger partial charge < -0.3 is 4.74 Å². The fourth-order valence-corrected chi connectivity index (χ4v) is 1.96. The summed E-state index contributed by atoms with van der Waals surface area (Å²) in [6, 6.07) is 20.0. The molecule has 0 aliphatic carbocycles. The summed E-state index contributed by atoms with van der Waals surface area (Å²) in [5, 5.41) is 17.4. The van der Waals surface area contributed by atoms with Crippen LogP contribution in [0.2, 0.25) is 0 Å². The highest BCUT2D eigenvalue weighted by Gasteiger charge is 2.05. The van der Waals surface area contributed by atoms with E-state index in [1.165, 1.54) is 6.08 Å². The molecule has 0 fully saturated rings. The Balaban J connectivity index is 1.91. The molecule has 4 heteroatoms. The molecule has 2 aromatic carbocycles. The Labute approximate surface area is 134 Å². The summed E-state index contributed by atoms with van der Waals surface area (Å²) in [4.78, 5) is 11.8. The molecule has 0 radical (unpaired) electrons. The number of hydrogen-bond donors (Lipinski definition) is 0. The number of carbonyl (C=O) groups is 1. The number of nitrogens with zero attached hydrogens (tertiary/aromatic N) is 2. The van der Waals surface area contributed by atoms with Crippen molar-refractivity contribution in [3.63, 3.8) is 0 Å². The van der Waals surface area contributed by atoms with Crippen molar-refractivity contribution in [2.75, 3.05) is 0 Å². The molecule has 0 amide bonds. The van der Waals surface area contributed by atoms with E-state index < -0.39 is 0 Å². The molecule has 0 aliphatic rings. The normalized spacial score (nSPS) is 9.30. The van der Waals surface area contributed by atoms with E-state index in [-0.39, 0.29) is 11.5 Å². The SMILES string of the molecule is N#CC(C#N)=Cc1ccc(OC(=O)CCc2ccccc2)cc1. The van der Waals surface area contributed by atoms with Gasteiger partial charge in [-0.05, 0) is 35.8 Å². The average molecular weight is 302 g/mol. The third-order valence-corrected chi connectivity index (χ3v) is 3.12. The molecule has 2 aromatic rings. The van der Waals surface area contributed by atoms with Crippen LogP contribution in [-0.2, 0) is 11.2 Å². The first-order valence-electron chi connectivity index (χ1n) is 7.08. The Morgan fingerprint density at radius 1 is 1.00 bits per heavy atom. The Kier molecular flexibility index (Phi) is 5.68. The van der Waals surface area contributed by atoms with E-state index in [1.807, 2.05) is 30.3 Å². The zero-order valence-electron chi connectivity index (χ0n) is 12.4. The summed E-state index contributed by atoms with van der Waals surface area (Å²) in [5.74, 6) is 0.141. The minimum absolute atomic E-state index is 0.0256. The molecule has 112 valence electrons. The number of carbonyl (C=O) groups excluding carboxylic acids is 1. The highest BCUT2D eigenvalue weighted by molar-refractivity contribution is 5.73. The molecular weight excluding hydrogens is 288 g/mol. The largest absolute Gasteiger partial charge is 0.427 e. The van der Waals surface area contributed by atoms with Crippen LogP contribution in [0.4, 0.5) is 0 Å². The van der Waals surface area contributed by atoms with Crippen LogP contribution in [-0.4, -0.2) is 5.97 Å². The fraction of sp³-hybridized carbons (Fsp3) is 0.105. The minimum Gasteiger partial charge on any atom is -0.427 e. The van der Waals surface area contributed by atoms with Gasteiger partial charge in [0.2, 0.25) is 0 Å². The Bertz CT molecular complexity index is 763. The smallest absolute Gasteiger partial charge is 0.311 e. The maximum Gasteiger partial charge on any atom is 0.311 e. The molecule has 0 aliphatic heterocycles. The van der Waals surface area contributed by atoms with Gasteiger partial charge in [-0.15, -0.1) is 0 Å². The molecule has 0 saturated heterocycles. The second-order valence-electron chi connectivity index (χ2n) is 4.81. The van der Waals surface area contributed by atoms with E-state index >= 15 is 0 Å². The molecule has 0 bridgehead atoms. The van der Waals surface area contributed by atoms with Crippen LogP contribution in [0.5, 0.6) is 5.75 Å². The molecule has 0 spiro atoms. The van der Waals surface area contributed by atoms with Crippen LogP contribution in [0.1, 0.15) is 17.5 Å². The standard InChI is InChI=1S/C19H14N2O2/c20-13-17(14-21)12-16-6-9-18(10-7-16)23-19(22)11-8-15-4-2-1-3-5-15/h1-7,9-10,12H,8,11H2. The van der Waals surface area contributed by atoms with E-state index in [0.717, 1.165) is 5.56 Å². The van der Waals surface area contributed by atoms with Crippen LogP contribution >= 0.6 is 0 Å². The van der Waals surface area contributed by atoms with E-state index in [4.69, 9.17) is 15.3 Å². The number of allylic oxidation sites excluding steroid dienone is 1. The minimum atomic E-state index is -0.299. The Morgan fingerprint density at radius 2 is 1.65 bits per heavy atom. The van der Waals surface area contributed by atoms with E-state index in [9.17, 15) is 4.79 Å². The third-order valence-electron chi connectivity index (χ3n) is 3.12. The predicted octanol–water partition coefficient (Wildman–Crippen LogP) is 3.66. The third kappa shape index (κ3) is 5.15. The molecule has 0 heterocycles. The van der Waals surface area contributed by atoms with Gasteiger partial charge in [0.15, 0.2) is 0 Å². The molecule has 4 nitrogen and oxygen atoms in total. The Hall–Kier alpha value is -3.37. The molecule has 0 atom stereocenters. The second-order valence-corrected chi connectivity index (χ2v) is 4.81. The lowest BCUT2D eigenvalue weighted by Gasteiger charge is -2.05. The summed E-state index contributed by atoms with van der Waals surface area (Å²) < 4.78 is 5.26. The highest BCUT2D eigenvalue weighted by atomic mass is 16.5. The fourth-order valence-electron chi connectivity index (χ4n) is 1.96. The number of nitriles is 2. The number of benzene rings is 2. The van der Waals surface area contributed by atoms with Crippen LogP contribution in [0.3, 0.4) is 0 Å². The van der Waals surface area contributed by atoms with Crippen LogP contribution in [0.25, 0.3) is 6.08 Å². The topological polar surface area (TPSA) is 73.9 Å². The van der Waals surface area contributed by atoms with Crippen molar-refractivity contribution in [1.29, 1.82) is 10.5 Å². The molecule has 0 aromatic heterocycles. The lowest BCUT2D eigenvalue weighted by molar-refractivity contribution is -0.134. The van der Waals surface area contributed by atoms with Crippen molar-refractivity contribution in [3.8, 4) is 17.9 Å². The van der Waals surface area contributed by atoms with Crippen LogP contribution < -0.4 is 4.74 Å². The van der Waals surface area contributed by atoms with Gasteiger partial charge >= 0.3 is 5.97 Å². The van der Waals surface area contributed by atoms with Gasteiger partial charge in [0.1, 0.15) is 23.5 Å². The van der Waals surface area contributed by atoms with Crippen molar-refractivity contribution < 1.29 is 9.53 Å². The summed E-state index contributed by atoms with van der Waals surface area (Å²) >= 11 is 0. The van der Waals surface area contributed by atoms with Crippen LogP contribution in [0.15, 0.2) is 60.2 Å². The number of hydrogen-bond acceptors (Lipinski definition) is 4. The van der Waals surface area contributed by atoms with Gasteiger partial charge in [0.05, 0.1) is 0 Å². The van der Waals surface area contributed by atoms with Gasteiger partial charge in [-0.1, -0.05) is 42.5 Å². The maximum absolute atomic E-state index is 11.8. The van der Waals surface area contributed by atoms with Gasteiger partial charge in [0.25, 0.3) is 0 Å². The van der Waals surface area contributed by atoms with E-state index in [2.05, 4.69) is 0 Å². The molecule has 2 rings (SSSR count). The number of aryl methyl sites for hydroxylation is 1. The summed E-state index contributed by atoms with van der Waals surface area (Å²) in [7, 11) is 0. The second kappa shape index (κ2) is 8.17. The van der Waals surface area contributed by atoms with Crippen LogP contribution in [0, 0.1) is 22.7 Å². The molecule has 0 N–H and O–H groups in total. The van der Waals surface area contributed by atoms with Gasteiger partial charge in [-0.3, -0.25) is 4.79 Å². The van der Waals surface area contributed by atoms with E-state index in [0.29, 0.717) is 24.2 Å². The first kappa shape index (κ1) is 16.0. The first-order valence-corrected chi connectivity index (χ1v) is 7.08. The van der Waals surface area contributed by atoms with E-state index in [1.54, 1.807) is 36.4 Å². The van der Waals surface area contributed by atoms with Gasteiger partial charge in [-0.2, -0.15) is 10.5 Å². The number of rotatable bonds is 5. The van der Waals surface area contributed by atoms with Crippen molar-refractivity contribution in [1.82, 2.24) is 0 Å². The summed E-state index contributed by atoms with van der Waals surface area (Å²) in [5.41, 5.74) is 1.82. The van der Waals surface area contributed by atoms with Crippen molar-refractivity contribution >= 4 is 12.0 Å². The van der Waals surface area contributed by atoms with Crippen molar-refractivity contribution in [2.24, 2.45) is 0 Å². The zero-order chi connectivity index (χ0) is 16.5. The highest BCUT2D eigenvalue weighted by Crippen LogP contribution is 2.15. The average Bonchev–Trinajstić information content (AvgIpc) is 2.60. The number of esters is 1. The predicted molar refractivity (Wildman–Crippen MR) is 86.0 cm³/mol. The van der Waals surface area contributed by atoms with Gasteiger partial charge in [0, 0.05) is 6.42 Å².